The van der Waals surface area contributed by atoms with Gasteiger partial charge in [-0.3, -0.25) is 9.59 Å². The van der Waals surface area contributed by atoms with Gasteiger partial charge in [-0.05, 0) is 46.5 Å². The van der Waals surface area contributed by atoms with Crippen LogP contribution in [0.15, 0.2) is 72.8 Å². The zero-order valence-corrected chi connectivity index (χ0v) is 17.8. The van der Waals surface area contributed by atoms with Crippen LogP contribution in [0.3, 0.4) is 0 Å². The highest BCUT2D eigenvalue weighted by Gasteiger charge is 2.67. The fourth-order valence-electron chi connectivity index (χ4n) is 5.66. The van der Waals surface area contributed by atoms with Gasteiger partial charge in [0, 0.05) is 5.92 Å². The summed E-state index contributed by atoms with van der Waals surface area (Å²) in [4.78, 5) is 28.8. The predicted octanol–water partition coefficient (Wildman–Crippen LogP) is 4.60. The number of carbonyl (C=O) groups excluding carboxylic acids is 2. The van der Waals surface area contributed by atoms with E-state index >= 15 is 0 Å². The van der Waals surface area contributed by atoms with Crippen LogP contribution in [-0.4, -0.2) is 18.9 Å². The molecule has 0 radical (unpaired) electrons. The summed E-state index contributed by atoms with van der Waals surface area (Å²) < 4.78 is 4.51. The lowest BCUT2D eigenvalue weighted by atomic mass is 9.55. The van der Waals surface area contributed by atoms with E-state index in [0.717, 1.165) is 22.3 Å². The maximum Gasteiger partial charge on any atom is 0.239 e. The van der Waals surface area contributed by atoms with Crippen LogP contribution in [0.2, 0.25) is 0 Å². The summed E-state index contributed by atoms with van der Waals surface area (Å²) in [6.07, 6.45) is 0. The van der Waals surface area contributed by atoms with Gasteiger partial charge in [-0.25, -0.2) is 4.90 Å². The van der Waals surface area contributed by atoms with Gasteiger partial charge in [0.2, 0.25) is 11.8 Å². The zero-order valence-electron chi connectivity index (χ0n) is 16.2. The van der Waals surface area contributed by atoms with Crippen LogP contribution < -0.4 is 9.64 Å². The second-order valence-electron chi connectivity index (χ2n) is 8.08. The number of hydrogen-bond donors (Lipinski definition) is 0. The van der Waals surface area contributed by atoms with Crippen LogP contribution in [0.1, 0.15) is 28.2 Å². The number of alkyl halides is 1. The molecule has 4 aliphatic rings. The Balaban J connectivity index is 1.57. The minimum Gasteiger partial charge on any atom is -0.497 e. The molecule has 1 unspecified atom stereocenters. The van der Waals surface area contributed by atoms with Gasteiger partial charge < -0.3 is 4.74 Å². The molecule has 0 aromatic heterocycles. The molecule has 0 saturated carbocycles. The van der Waals surface area contributed by atoms with E-state index < -0.39 is 16.2 Å². The number of ether oxygens (including phenoxy) is 1. The molecule has 3 aromatic rings. The summed E-state index contributed by atoms with van der Waals surface area (Å²) >= 11 is 4.01. The number of halogens is 1. The second-order valence-corrected chi connectivity index (χ2v) is 9.33. The first-order valence-electron chi connectivity index (χ1n) is 9.97. The number of hydrogen-bond acceptors (Lipinski definition) is 3. The van der Waals surface area contributed by atoms with Crippen LogP contribution in [0.5, 0.6) is 5.75 Å². The first-order valence-corrected chi connectivity index (χ1v) is 10.8. The lowest BCUT2D eigenvalue weighted by Crippen LogP contribution is -2.50. The molecule has 3 aliphatic carbocycles. The van der Waals surface area contributed by atoms with Crippen molar-refractivity contribution in [1.29, 1.82) is 0 Å². The summed E-state index contributed by atoms with van der Waals surface area (Å²) in [5.74, 6) is -0.631. The van der Waals surface area contributed by atoms with Crippen molar-refractivity contribution in [2.75, 3.05) is 12.0 Å². The Morgan fingerprint density at radius 1 is 0.833 bits per heavy atom. The zero-order chi connectivity index (χ0) is 20.6. The molecule has 1 heterocycles. The second kappa shape index (κ2) is 6.05. The molecule has 7 rings (SSSR count). The molecule has 1 saturated heterocycles. The van der Waals surface area contributed by atoms with Crippen molar-refractivity contribution in [3.05, 3.63) is 95.1 Å². The lowest BCUT2D eigenvalue weighted by molar-refractivity contribution is -0.122. The maximum atomic E-state index is 13.8. The first kappa shape index (κ1) is 17.9. The van der Waals surface area contributed by atoms with Crippen molar-refractivity contribution in [3.63, 3.8) is 0 Å². The van der Waals surface area contributed by atoms with Gasteiger partial charge in [0.25, 0.3) is 0 Å². The third-order valence-electron chi connectivity index (χ3n) is 6.85. The molecular weight excluding hydrogens is 442 g/mol. The van der Waals surface area contributed by atoms with E-state index in [1.165, 1.54) is 4.90 Å². The van der Waals surface area contributed by atoms with Crippen molar-refractivity contribution in [3.8, 4) is 5.75 Å². The molecule has 2 atom stereocenters. The van der Waals surface area contributed by atoms with Crippen LogP contribution in [0, 0.1) is 11.8 Å². The minimum atomic E-state index is -0.715. The number of anilines is 1. The molecule has 0 N–H and O–H groups in total. The molecule has 1 fully saturated rings. The fourth-order valence-corrected chi connectivity index (χ4v) is 6.87. The van der Waals surface area contributed by atoms with Gasteiger partial charge in [-0.15, -0.1) is 0 Å². The molecule has 5 heteroatoms. The molecule has 2 amide bonds. The van der Waals surface area contributed by atoms with Gasteiger partial charge in [-0.1, -0.05) is 64.5 Å². The van der Waals surface area contributed by atoms with Gasteiger partial charge in [0.1, 0.15) is 5.75 Å². The Morgan fingerprint density at radius 3 is 1.97 bits per heavy atom. The number of methoxy groups -OCH3 is 1. The fraction of sp³-hybridized carbons (Fsp3) is 0.200. The summed E-state index contributed by atoms with van der Waals surface area (Å²) in [7, 11) is 1.59. The highest BCUT2D eigenvalue weighted by Crippen LogP contribution is 2.66. The average molecular weight is 460 g/mol. The van der Waals surface area contributed by atoms with Crippen molar-refractivity contribution in [2.45, 2.75) is 10.2 Å². The normalized spacial score (nSPS) is 28.2. The molecule has 2 bridgehead atoms. The van der Waals surface area contributed by atoms with E-state index in [9.17, 15) is 9.59 Å². The third-order valence-corrected chi connectivity index (χ3v) is 8.19. The largest absolute Gasteiger partial charge is 0.497 e. The summed E-state index contributed by atoms with van der Waals surface area (Å²) in [6.45, 7) is 0. The minimum absolute atomic E-state index is 0.124. The molecule has 1 aliphatic heterocycles. The van der Waals surface area contributed by atoms with E-state index in [-0.39, 0.29) is 17.7 Å². The summed E-state index contributed by atoms with van der Waals surface area (Å²) in [6, 6.07) is 23.5. The molecule has 4 nitrogen and oxygen atoms in total. The van der Waals surface area contributed by atoms with Crippen LogP contribution in [0.25, 0.3) is 0 Å². The monoisotopic (exact) mass is 459 g/mol. The van der Waals surface area contributed by atoms with Crippen molar-refractivity contribution in [1.82, 2.24) is 0 Å². The first-order chi connectivity index (χ1) is 14.6. The van der Waals surface area contributed by atoms with Crippen LogP contribution in [-0.2, 0) is 13.9 Å². The average Bonchev–Trinajstić information content (AvgIpc) is 3.06. The predicted molar refractivity (Wildman–Crippen MR) is 117 cm³/mol. The highest BCUT2D eigenvalue weighted by atomic mass is 79.9. The van der Waals surface area contributed by atoms with Crippen molar-refractivity contribution < 1.29 is 14.3 Å². The Kier molecular flexibility index (Phi) is 3.61. The smallest absolute Gasteiger partial charge is 0.239 e. The summed E-state index contributed by atoms with van der Waals surface area (Å²) in [5, 5.41) is 0. The van der Waals surface area contributed by atoms with Gasteiger partial charge in [0.15, 0.2) is 0 Å². The molecule has 30 heavy (non-hydrogen) atoms. The van der Waals surface area contributed by atoms with E-state index in [4.69, 9.17) is 4.74 Å². The number of rotatable bonds is 2. The maximum absolute atomic E-state index is 13.8. The molecule has 148 valence electrons. The third kappa shape index (κ3) is 2.01. The Morgan fingerprint density at radius 2 is 1.40 bits per heavy atom. The molecular formula is C25H18BrNO3. The van der Waals surface area contributed by atoms with Crippen molar-refractivity contribution >= 4 is 33.4 Å². The van der Waals surface area contributed by atoms with Crippen LogP contribution in [0.4, 0.5) is 5.69 Å². The van der Waals surface area contributed by atoms with E-state index in [2.05, 4.69) is 40.2 Å². The van der Waals surface area contributed by atoms with Gasteiger partial charge in [-0.2, -0.15) is 0 Å². The highest BCUT2D eigenvalue weighted by molar-refractivity contribution is 9.09. The number of carbonyl (C=O) groups is 2. The SMILES string of the molecule is COc1ccc(N2C(=O)C3[C@H](C2=O)C2c4ccccc4C3(Br)c3ccccc32)cc1. The van der Waals surface area contributed by atoms with E-state index in [1.54, 1.807) is 31.4 Å². The van der Waals surface area contributed by atoms with Gasteiger partial charge >= 0.3 is 0 Å². The number of imide groups is 1. The number of nitrogens with zero attached hydrogens (tertiary/aromatic N) is 1. The van der Waals surface area contributed by atoms with Gasteiger partial charge in [0.05, 0.1) is 29.0 Å². The standard InChI is InChI=1S/C25H18BrNO3/c1-30-15-12-10-14(11-13-15)27-23(28)21-20-16-6-2-4-8-18(16)25(26,22(21)24(27)29)19-9-5-3-7-17(19)20/h2-13,20-22H,1H3/t20?,21-,22?,25?/m1/s1. The quantitative estimate of drug-likeness (QED) is 0.415. The Hall–Kier alpha value is -2.92. The summed E-state index contributed by atoms with van der Waals surface area (Å²) in [5.41, 5.74) is 5.03. The Labute approximate surface area is 182 Å². The molecule has 3 aromatic carbocycles. The topological polar surface area (TPSA) is 46.6 Å². The van der Waals surface area contributed by atoms with E-state index in [1.807, 2.05) is 24.3 Å². The Bertz CT molecular complexity index is 1170. The number of benzene rings is 3. The molecule has 0 spiro atoms. The lowest BCUT2D eigenvalue weighted by Gasteiger charge is -2.51. The van der Waals surface area contributed by atoms with Crippen molar-refractivity contribution in [2.24, 2.45) is 11.8 Å². The number of amides is 2. The van der Waals surface area contributed by atoms with E-state index in [0.29, 0.717) is 11.4 Å². The van der Waals surface area contributed by atoms with Crippen LogP contribution >= 0.6 is 15.9 Å².